The summed E-state index contributed by atoms with van der Waals surface area (Å²) in [5.74, 6) is 2.59. The summed E-state index contributed by atoms with van der Waals surface area (Å²) in [6.45, 7) is 3.79. The molecule has 0 spiro atoms. The molecule has 1 saturated heterocycles. The number of anilines is 1. The fourth-order valence-electron chi connectivity index (χ4n) is 4.75. The SMILES string of the molecule is CCOc1ccccc1NC(=O)N1CCC[C@@H](c2nc(-c3cccc(OC)c3)c3ccccn23)C1. The Morgan fingerprint density at radius 1 is 1.11 bits per heavy atom. The van der Waals surface area contributed by atoms with Crippen LogP contribution in [-0.4, -0.2) is 47.1 Å². The van der Waals surface area contributed by atoms with Gasteiger partial charge in [0, 0.05) is 30.8 Å². The van der Waals surface area contributed by atoms with Gasteiger partial charge in [-0.3, -0.25) is 0 Å². The van der Waals surface area contributed by atoms with Gasteiger partial charge in [0.15, 0.2) is 0 Å². The number of nitrogens with one attached hydrogen (secondary N) is 1. The Morgan fingerprint density at radius 2 is 1.97 bits per heavy atom. The molecule has 180 valence electrons. The first kappa shape index (κ1) is 22.8. The molecule has 2 aromatic heterocycles. The summed E-state index contributed by atoms with van der Waals surface area (Å²) < 4.78 is 13.3. The number of fused-ring (bicyclic) bond motifs is 1. The standard InChI is InChI=1S/C28H30N4O3/c1-3-35-25-15-5-4-13-23(25)29-28(33)31-16-9-11-21(19-31)27-30-26(24-14-6-7-17-32(24)27)20-10-8-12-22(18-20)34-2/h4-8,10,12-15,17-18,21H,3,9,11,16,19H2,1-2H3,(H,29,33)/t21-/m1/s1. The molecule has 1 aliphatic rings. The van der Waals surface area contributed by atoms with Crippen molar-refractivity contribution in [3.05, 3.63) is 78.8 Å². The summed E-state index contributed by atoms with van der Waals surface area (Å²) in [6, 6.07) is 21.5. The van der Waals surface area contributed by atoms with Gasteiger partial charge in [0.1, 0.15) is 17.3 Å². The molecule has 3 heterocycles. The van der Waals surface area contributed by atoms with Crippen LogP contribution in [0.3, 0.4) is 0 Å². The van der Waals surface area contributed by atoms with Crippen LogP contribution in [0.4, 0.5) is 10.5 Å². The van der Waals surface area contributed by atoms with E-state index < -0.39 is 0 Å². The van der Waals surface area contributed by atoms with Crippen LogP contribution in [0.25, 0.3) is 16.8 Å². The quantitative estimate of drug-likeness (QED) is 0.386. The highest BCUT2D eigenvalue weighted by Crippen LogP contribution is 2.33. The molecule has 1 fully saturated rings. The zero-order chi connectivity index (χ0) is 24.2. The number of pyridine rings is 1. The van der Waals surface area contributed by atoms with Crippen molar-refractivity contribution in [1.82, 2.24) is 14.3 Å². The van der Waals surface area contributed by atoms with Crippen LogP contribution in [0.1, 0.15) is 31.5 Å². The number of benzene rings is 2. The average Bonchev–Trinajstić information content (AvgIpc) is 3.30. The van der Waals surface area contributed by atoms with Crippen molar-refractivity contribution in [3.8, 4) is 22.8 Å². The zero-order valence-electron chi connectivity index (χ0n) is 20.1. The fourth-order valence-corrected chi connectivity index (χ4v) is 4.75. The number of carbonyl (C=O) groups excluding carboxylic acids is 1. The number of hydrogen-bond donors (Lipinski definition) is 1. The molecule has 1 aliphatic heterocycles. The van der Waals surface area contributed by atoms with E-state index in [0.717, 1.165) is 41.2 Å². The van der Waals surface area contributed by atoms with Crippen molar-refractivity contribution in [2.24, 2.45) is 0 Å². The van der Waals surface area contributed by atoms with Gasteiger partial charge in [-0.2, -0.15) is 0 Å². The highest BCUT2D eigenvalue weighted by Gasteiger charge is 2.29. The van der Waals surface area contributed by atoms with E-state index in [4.69, 9.17) is 14.5 Å². The molecule has 5 rings (SSSR count). The lowest BCUT2D eigenvalue weighted by Gasteiger charge is -2.32. The highest BCUT2D eigenvalue weighted by atomic mass is 16.5. The molecular weight excluding hydrogens is 440 g/mol. The molecule has 7 heteroatoms. The number of nitrogens with zero attached hydrogens (tertiary/aromatic N) is 3. The summed E-state index contributed by atoms with van der Waals surface area (Å²) in [6.07, 6.45) is 3.95. The third-order valence-electron chi connectivity index (χ3n) is 6.42. The Balaban J connectivity index is 1.41. The first-order chi connectivity index (χ1) is 17.2. The Kier molecular flexibility index (Phi) is 6.57. The van der Waals surface area contributed by atoms with E-state index >= 15 is 0 Å². The third-order valence-corrected chi connectivity index (χ3v) is 6.42. The summed E-state index contributed by atoms with van der Waals surface area (Å²) in [4.78, 5) is 20.2. The van der Waals surface area contributed by atoms with E-state index in [1.807, 2.05) is 66.4 Å². The topological polar surface area (TPSA) is 68.1 Å². The zero-order valence-corrected chi connectivity index (χ0v) is 20.1. The van der Waals surface area contributed by atoms with Crippen LogP contribution < -0.4 is 14.8 Å². The largest absolute Gasteiger partial charge is 0.497 e. The second-order valence-corrected chi connectivity index (χ2v) is 8.65. The lowest BCUT2D eigenvalue weighted by Crippen LogP contribution is -2.42. The molecule has 35 heavy (non-hydrogen) atoms. The fraction of sp³-hybridized carbons (Fsp3) is 0.286. The number of ether oxygens (including phenoxy) is 2. The van der Waals surface area contributed by atoms with Gasteiger partial charge in [-0.05, 0) is 56.2 Å². The van der Waals surface area contributed by atoms with Crippen molar-refractivity contribution in [2.45, 2.75) is 25.7 Å². The molecule has 0 bridgehead atoms. The normalized spacial score (nSPS) is 15.7. The van der Waals surface area contributed by atoms with E-state index in [9.17, 15) is 4.79 Å². The lowest BCUT2D eigenvalue weighted by molar-refractivity contribution is 0.191. The molecule has 0 unspecified atom stereocenters. The van der Waals surface area contributed by atoms with E-state index in [0.29, 0.717) is 31.1 Å². The van der Waals surface area contributed by atoms with Crippen LogP contribution in [0.15, 0.2) is 72.9 Å². The lowest BCUT2D eigenvalue weighted by atomic mass is 9.97. The van der Waals surface area contributed by atoms with E-state index in [1.165, 1.54) is 0 Å². The number of piperidine rings is 1. The Bertz CT molecular complexity index is 1330. The summed E-state index contributed by atoms with van der Waals surface area (Å²) in [7, 11) is 1.67. The molecule has 2 amide bonds. The Morgan fingerprint density at radius 3 is 2.83 bits per heavy atom. The molecule has 0 saturated carbocycles. The van der Waals surface area contributed by atoms with E-state index in [2.05, 4.69) is 28.0 Å². The second-order valence-electron chi connectivity index (χ2n) is 8.65. The van der Waals surface area contributed by atoms with Gasteiger partial charge in [-0.1, -0.05) is 30.3 Å². The smallest absolute Gasteiger partial charge is 0.321 e. The number of rotatable bonds is 6. The molecule has 2 aromatic carbocycles. The van der Waals surface area contributed by atoms with Crippen LogP contribution in [0.5, 0.6) is 11.5 Å². The van der Waals surface area contributed by atoms with E-state index in [-0.39, 0.29) is 11.9 Å². The molecular formula is C28H30N4O3. The molecule has 1 N–H and O–H groups in total. The number of urea groups is 1. The van der Waals surface area contributed by atoms with Gasteiger partial charge in [-0.15, -0.1) is 0 Å². The number of methoxy groups -OCH3 is 1. The summed E-state index contributed by atoms with van der Waals surface area (Å²) >= 11 is 0. The van der Waals surface area contributed by atoms with Gasteiger partial charge in [0.25, 0.3) is 0 Å². The Labute approximate surface area is 205 Å². The molecule has 4 aromatic rings. The van der Waals surface area contributed by atoms with Crippen molar-refractivity contribution in [3.63, 3.8) is 0 Å². The van der Waals surface area contributed by atoms with Gasteiger partial charge in [0.2, 0.25) is 0 Å². The van der Waals surface area contributed by atoms with Gasteiger partial charge >= 0.3 is 6.03 Å². The van der Waals surface area contributed by atoms with Crippen molar-refractivity contribution in [2.75, 3.05) is 32.1 Å². The van der Waals surface area contributed by atoms with Gasteiger partial charge in [-0.25, -0.2) is 9.78 Å². The number of imidazole rings is 1. The van der Waals surface area contributed by atoms with Gasteiger partial charge < -0.3 is 24.1 Å². The number of amides is 2. The minimum Gasteiger partial charge on any atom is -0.497 e. The highest BCUT2D eigenvalue weighted by molar-refractivity contribution is 5.91. The number of carbonyl (C=O) groups is 1. The Hall–Kier alpha value is -4.00. The van der Waals surface area contributed by atoms with Crippen LogP contribution >= 0.6 is 0 Å². The van der Waals surface area contributed by atoms with Crippen molar-refractivity contribution >= 4 is 17.2 Å². The number of para-hydroxylation sites is 2. The minimum absolute atomic E-state index is 0.115. The van der Waals surface area contributed by atoms with Crippen molar-refractivity contribution < 1.29 is 14.3 Å². The average molecular weight is 471 g/mol. The summed E-state index contributed by atoms with van der Waals surface area (Å²) in [5.41, 5.74) is 3.67. The predicted molar refractivity (Wildman–Crippen MR) is 137 cm³/mol. The van der Waals surface area contributed by atoms with Gasteiger partial charge in [0.05, 0.1) is 30.6 Å². The first-order valence-electron chi connectivity index (χ1n) is 12.1. The maximum atomic E-state index is 13.2. The number of hydrogen-bond acceptors (Lipinski definition) is 4. The molecule has 7 nitrogen and oxygen atoms in total. The second kappa shape index (κ2) is 10.1. The third kappa shape index (κ3) is 4.67. The van der Waals surface area contributed by atoms with Crippen LogP contribution in [0.2, 0.25) is 0 Å². The summed E-state index contributed by atoms with van der Waals surface area (Å²) in [5, 5.41) is 3.04. The number of likely N-dealkylation sites (tertiary alicyclic amines) is 1. The minimum atomic E-state index is -0.115. The van der Waals surface area contributed by atoms with E-state index in [1.54, 1.807) is 7.11 Å². The van der Waals surface area contributed by atoms with Crippen LogP contribution in [0, 0.1) is 0 Å². The van der Waals surface area contributed by atoms with Crippen molar-refractivity contribution in [1.29, 1.82) is 0 Å². The maximum absolute atomic E-state index is 13.2. The molecule has 0 aliphatic carbocycles. The predicted octanol–water partition coefficient (Wildman–Crippen LogP) is 5.82. The monoisotopic (exact) mass is 470 g/mol. The maximum Gasteiger partial charge on any atom is 0.321 e. The number of aromatic nitrogens is 2. The molecule has 0 radical (unpaired) electrons. The molecule has 1 atom stereocenters. The van der Waals surface area contributed by atoms with Crippen LogP contribution in [-0.2, 0) is 0 Å². The first-order valence-corrected chi connectivity index (χ1v) is 12.1.